The van der Waals surface area contributed by atoms with Gasteiger partial charge in [-0.2, -0.15) is 0 Å². The Morgan fingerprint density at radius 2 is 1.92 bits per heavy atom. The van der Waals surface area contributed by atoms with Gasteiger partial charge in [-0.3, -0.25) is 14.5 Å². The van der Waals surface area contributed by atoms with Gasteiger partial charge in [0.05, 0.1) is 12.1 Å². The lowest BCUT2D eigenvalue weighted by molar-refractivity contribution is -0.141. The highest BCUT2D eigenvalue weighted by atomic mass is 32.1. The number of nitrogens with zero attached hydrogens (tertiary/aromatic N) is 6. The number of hydrogen-bond acceptors (Lipinski definition) is 7. The second kappa shape index (κ2) is 10.2. The van der Waals surface area contributed by atoms with E-state index < -0.39 is 11.9 Å². The molecule has 2 fully saturated rings. The average Bonchev–Trinajstić information content (AvgIpc) is 3.27. The van der Waals surface area contributed by atoms with Gasteiger partial charge in [0.1, 0.15) is 5.52 Å². The fourth-order valence-corrected chi connectivity index (χ4v) is 6.51. The maximum atomic E-state index is 13.8. The van der Waals surface area contributed by atoms with Gasteiger partial charge in [-0.1, -0.05) is 55.2 Å². The highest BCUT2D eigenvalue weighted by Gasteiger charge is 2.40. The van der Waals surface area contributed by atoms with E-state index in [0.717, 1.165) is 53.6 Å². The Morgan fingerprint density at radius 3 is 2.66 bits per heavy atom. The Morgan fingerprint density at radius 1 is 1.16 bits per heavy atom. The molecular formula is C28H30N6O3S. The van der Waals surface area contributed by atoms with E-state index in [1.54, 1.807) is 15.8 Å². The van der Waals surface area contributed by atoms with E-state index in [2.05, 4.69) is 15.3 Å². The molecule has 1 amide bonds. The number of rotatable bonds is 9. The lowest BCUT2D eigenvalue weighted by atomic mass is 9.90. The fourth-order valence-electron chi connectivity index (χ4n) is 5.61. The normalized spacial score (nSPS) is 16.7. The van der Waals surface area contributed by atoms with E-state index in [-0.39, 0.29) is 18.4 Å². The topological polar surface area (TPSA) is 114 Å². The van der Waals surface area contributed by atoms with Crippen molar-refractivity contribution in [2.75, 3.05) is 4.90 Å². The van der Waals surface area contributed by atoms with Crippen molar-refractivity contribution in [3.8, 4) is 22.4 Å². The second-order valence-electron chi connectivity index (χ2n) is 10.5. The Bertz CT molecular complexity index is 1490. The predicted molar refractivity (Wildman–Crippen MR) is 146 cm³/mol. The summed E-state index contributed by atoms with van der Waals surface area (Å²) in [5.41, 5.74) is 5.08. The number of carboxylic acids is 1. The number of carbonyl (C=O) groups excluding carboxylic acids is 1. The van der Waals surface area contributed by atoms with E-state index in [0.29, 0.717) is 23.1 Å². The van der Waals surface area contributed by atoms with Crippen LogP contribution in [0, 0.1) is 11.8 Å². The number of thiazole rings is 1. The molecule has 1 atom stereocenters. The highest BCUT2D eigenvalue weighted by molar-refractivity contribution is 7.14. The van der Waals surface area contributed by atoms with Crippen molar-refractivity contribution >= 4 is 39.5 Å². The number of carbonyl (C=O) groups is 2. The highest BCUT2D eigenvalue weighted by Crippen LogP contribution is 2.40. The first kappa shape index (κ1) is 24.7. The van der Waals surface area contributed by atoms with E-state index in [1.807, 2.05) is 42.8 Å². The van der Waals surface area contributed by atoms with Crippen molar-refractivity contribution in [1.29, 1.82) is 0 Å². The Hall–Kier alpha value is -3.66. The number of fused-ring (bicyclic) bond motifs is 1. The van der Waals surface area contributed by atoms with Crippen molar-refractivity contribution in [3.05, 3.63) is 41.9 Å². The molecule has 196 valence electrons. The van der Waals surface area contributed by atoms with Gasteiger partial charge < -0.3 is 5.11 Å². The molecule has 2 aliphatic rings. The molecule has 6 rings (SSSR count). The molecule has 9 nitrogen and oxygen atoms in total. The standard InChI is InChI=1S/C28H30N6O3S/c1-33-24-13-19(15-29-26(24)31-32-33)21-8-4-5-9-22(21)23-16-38-28(30-23)34(20-10-11-20)27(37)18(14-25(35)36)12-17-6-2-3-7-17/h4-5,8-9,13,15-18,20H,2-3,6-7,10-12,14H2,1H3,(H,35,36)/t18-/m1/s1. The average molecular weight is 531 g/mol. The van der Waals surface area contributed by atoms with Gasteiger partial charge in [0.2, 0.25) is 11.6 Å². The summed E-state index contributed by atoms with van der Waals surface area (Å²) in [6.45, 7) is 0. The third-order valence-electron chi connectivity index (χ3n) is 7.69. The zero-order valence-corrected chi connectivity index (χ0v) is 22.1. The number of carboxylic acid groups (broad SMARTS) is 1. The summed E-state index contributed by atoms with van der Waals surface area (Å²) in [4.78, 5) is 36.7. The fraction of sp³-hybridized carbons (Fsp3) is 0.429. The summed E-state index contributed by atoms with van der Waals surface area (Å²) in [5.74, 6) is -1.08. The molecule has 2 saturated carbocycles. The van der Waals surface area contributed by atoms with Crippen LogP contribution in [0.5, 0.6) is 0 Å². The van der Waals surface area contributed by atoms with E-state index in [4.69, 9.17) is 4.98 Å². The van der Waals surface area contributed by atoms with Crippen LogP contribution in [0.1, 0.15) is 51.4 Å². The molecule has 0 unspecified atom stereocenters. The molecule has 10 heteroatoms. The molecule has 0 aliphatic heterocycles. The number of pyridine rings is 1. The maximum Gasteiger partial charge on any atom is 0.304 e. The molecule has 1 aromatic carbocycles. The summed E-state index contributed by atoms with van der Waals surface area (Å²) in [6.07, 6.45) is 8.66. The van der Waals surface area contributed by atoms with Crippen LogP contribution in [0.3, 0.4) is 0 Å². The quantitative estimate of drug-likeness (QED) is 0.311. The lowest BCUT2D eigenvalue weighted by Gasteiger charge is -2.26. The monoisotopic (exact) mass is 530 g/mol. The molecule has 0 saturated heterocycles. The minimum absolute atomic E-state index is 0.0886. The first-order chi connectivity index (χ1) is 18.5. The van der Waals surface area contributed by atoms with Gasteiger partial charge in [-0.25, -0.2) is 14.6 Å². The van der Waals surface area contributed by atoms with Gasteiger partial charge in [0, 0.05) is 41.7 Å². The summed E-state index contributed by atoms with van der Waals surface area (Å²) >= 11 is 1.45. The number of benzene rings is 1. The van der Waals surface area contributed by atoms with Crippen molar-refractivity contribution in [1.82, 2.24) is 25.0 Å². The number of aryl methyl sites for hydroxylation is 1. The molecule has 2 aliphatic carbocycles. The van der Waals surface area contributed by atoms with Crippen LogP contribution < -0.4 is 4.90 Å². The summed E-state index contributed by atoms with van der Waals surface area (Å²) in [5, 5.41) is 20.3. The van der Waals surface area contributed by atoms with Crippen LogP contribution in [0.4, 0.5) is 5.13 Å². The number of hydrogen-bond donors (Lipinski definition) is 1. The number of amides is 1. The van der Waals surface area contributed by atoms with E-state index >= 15 is 0 Å². The first-order valence-electron chi connectivity index (χ1n) is 13.2. The molecule has 0 bridgehead atoms. The van der Waals surface area contributed by atoms with Crippen LogP contribution in [0.2, 0.25) is 0 Å². The summed E-state index contributed by atoms with van der Waals surface area (Å²) in [6, 6.07) is 10.1. The van der Waals surface area contributed by atoms with Crippen LogP contribution >= 0.6 is 11.3 Å². The van der Waals surface area contributed by atoms with Crippen LogP contribution in [-0.2, 0) is 16.6 Å². The SMILES string of the molecule is Cn1nnc2ncc(-c3ccccc3-c3csc(N(C(=O)[C@@H](CC(=O)O)CC4CCCC4)C4CC4)n3)cc21. The summed E-state index contributed by atoms with van der Waals surface area (Å²) in [7, 11) is 1.84. The van der Waals surface area contributed by atoms with Crippen molar-refractivity contribution in [2.45, 2.75) is 57.4 Å². The van der Waals surface area contributed by atoms with E-state index in [1.165, 1.54) is 24.2 Å². The number of anilines is 1. The molecule has 4 aromatic rings. The van der Waals surface area contributed by atoms with Gasteiger partial charge in [-0.05, 0) is 36.8 Å². The molecule has 0 spiro atoms. The van der Waals surface area contributed by atoms with Crippen LogP contribution in [0.25, 0.3) is 33.5 Å². The Labute approximate surface area is 224 Å². The van der Waals surface area contributed by atoms with Gasteiger partial charge >= 0.3 is 5.97 Å². The van der Waals surface area contributed by atoms with Crippen molar-refractivity contribution in [3.63, 3.8) is 0 Å². The smallest absolute Gasteiger partial charge is 0.304 e. The van der Waals surface area contributed by atoms with Gasteiger partial charge in [0.15, 0.2) is 5.13 Å². The third kappa shape index (κ3) is 4.92. The number of aromatic nitrogens is 5. The largest absolute Gasteiger partial charge is 0.481 e. The third-order valence-corrected chi connectivity index (χ3v) is 8.53. The van der Waals surface area contributed by atoms with Crippen molar-refractivity contribution in [2.24, 2.45) is 18.9 Å². The van der Waals surface area contributed by atoms with E-state index in [9.17, 15) is 14.7 Å². The molecule has 1 N–H and O–H groups in total. The maximum absolute atomic E-state index is 13.8. The molecule has 0 radical (unpaired) electrons. The molecule has 3 heterocycles. The minimum atomic E-state index is -0.917. The zero-order chi connectivity index (χ0) is 26.2. The lowest BCUT2D eigenvalue weighted by Crippen LogP contribution is -2.39. The van der Waals surface area contributed by atoms with Crippen LogP contribution in [-0.4, -0.2) is 48.0 Å². The van der Waals surface area contributed by atoms with Crippen molar-refractivity contribution < 1.29 is 14.7 Å². The first-order valence-corrected chi connectivity index (χ1v) is 14.1. The molecule has 3 aromatic heterocycles. The Balaban J connectivity index is 1.32. The zero-order valence-electron chi connectivity index (χ0n) is 21.3. The van der Waals surface area contributed by atoms with Gasteiger partial charge in [0.25, 0.3) is 0 Å². The predicted octanol–water partition coefficient (Wildman–Crippen LogP) is 5.32. The molecule has 38 heavy (non-hydrogen) atoms. The van der Waals surface area contributed by atoms with Gasteiger partial charge in [-0.15, -0.1) is 16.4 Å². The second-order valence-corrected chi connectivity index (χ2v) is 11.3. The minimum Gasteiger partial charge on any atom is -0.481 e. The number of aliphatic carboxylic acids is 1. The Kier molecular flexibility index (Phi) is 6.65. The molecular weight excluding hydrogens is 500 g/mol. The summed E-state index contributed by atoms with van der Waals surface area (Å²) < 4.78 is 1.70. The van der Waals surface area contributed by atoms with Crippen LogP contribution in [0.15, 0.2) is 41.9 Å².